The van der Waals surface area contributed by atoms with E-state index in [1.165, 1.54) is 0 Å². The summed E-state index contributed by atoms with van der Waals surface area (Å²) in [5, 5.41) is 6.93. The molecule has 2 N–H and O–H groups in total. The Bertz CT molecular complexity index is 345. The molecule has 1 atom stereocenters. The minimum Gasteiger partial charge on any atom is -0.444 e. The Kier molecular flexibility index (Phi) is 7.13. The molecule has 1 rings (SSSR count). The molecule has 0 spiro atoms. The first-order valence-electron chi connectivity index (χ1n) is 8.50. The summed E-state index contributed by atoms with van der Waals surface area (Å²) in [6, 6.07) is 0. The maximum Gasteiger partial charge on any atom is 0.410 e. The van der Waals surface area contributed by atoms with Crippen LogP contribution >= 0.6 is 0 Å². The van der Waals surface area contributed by atoms with Gasteiger partial charge in [-0.15, -0.1) is 0 Å². The average molecular weight is 313 g/mol. The summed E-state index contributed by atoms with van der Waals surface area (Å²) < 4.78 is 5.42. The van der Waals surface area contributed by atoms with Crippen molar-refractivity contribution in [3.05, 3.63) is 0 Å². The minimum atomic E-state index is -0.406. The molecule has 1 amide bonds. The SMILES string of the molecule is CC(C)(C)NCCNCCC1CCN(C(=O)OC(C)(C)C)C1. The van der Waals surface area contributed by atoms with E-state index in [4.69, 9.17) is 4.74 Å². The molecular formula is C17H35N3O2. The van der Waals surface area contributed by atoms with Crippen molar-refractivity contribution in [1.82, 2.24) is 15.5 Å². The number of rotatable bonds is 6. The number of carbonyl (C=O) groups excluding carboxylic acids is 1. The van der Waals surface area contributed by atoms with Crippen molar-refractivity contribution in [2.24, 2.45) is 5.92 Å². The number of hydrogen-bond acceptors (Lipinski definition) is 4. The molecule has 1 heterocycles. The lowest BCUT2D eigenvalue weighted by molar-refractivity contribution is 0.0287. The maximum atomic E-state index is 12.0. The van der Waals surface area contributed by atoms with Gasteiger partial charge >= 0.3 is 6.09 Å². The van der Waals surface area contributed by atoms with E-state index >= 15 is 0 Å². The Balaban J connectivity index is 2.11. The van der Waals surface area contributed by atoms with Crippen LogP contribution in [0.2, 0.25) is 0 Å². The summed E-state index contributed by atoms with van der Waals surface area (Å²) in [4.78, 5) is 13.8. The fourth-order valence-electron chi connectivity index (χ4n) is 2.52. The predicted octanol–water partition coefficient (Wildman–Crippen LogP) is 2.61. The molecule has 1 unspecified atom stereocenters. The number of amides is 1. The van der Waals surface area contributed by atoms with Gasteiger partial charge in [-0.1, -0.05) is 0 Å². The van der Waals surface area contributed by atoms with Gasteiger partial charge in [0.1, 0.15) is 5.60 Å². The van der Waals surface area contributed by atoms with E-state index in [1.807, 2.05) is 25.7 Å². The number of likely N-dealkylation sites (tertiary alicyclic amines) is 1. The molecule has 22 heavy (non-hydrogen) atoms. The zero-order valence-electron chi connectivity index (χ0n) is 15.3. The third-order valence-corrected chi connectivity index (χ3v) is 3.62. The molecule has 0 aromatic rings. The molecule has 0 aliphatic carbocycles. The van der Waals surface area contributed by atoms with E-state index in [-0.39, 0.29) is 11.6 Å². The third-order valence-electron chi connectivity index (χ3n) is 3.62. The van der Waals surface area contributed by atoms with Crippen LogP contribution in [0, 0.1) is 5.92 Å². The van der Waals surface area contributed by atoms with Gasteiger partial charge < -0.3 is 20.3 Å². The van der Waals surface area contributed by atoms with Gasteiger partial charge in [-0.2, -0.15) is 0 Å². The first-order chi connectivity index (χ1) is 10.1. The van der Waals surface area contributed by atoms with Crippen molar-refractivity contribution in [2.75, 3.05) is 32.7 Å². The quantitative estimate of drug-likeness (QED) is 0.740. The van der Waals surface area contributed by atoms with Crippen molar-refractivity contribution in [1.29, 1.82) is 0 Å². The lowest BCUT2D eigenvalue weighted by Gasteiger charge is -2.24. The molecule has 0 saturated carbocycles. The predicted molar refractivity (Wildman–Crippen MR) is 91.2 cm³/mol. The topological polar surface area (TPSA) is 53.6 Å². The van der Waals surface area contributed by atoms with Gasteiger partial charge in [-0.3, -0.25) is 0 Å². The highest BCUT2D eigenvalue weighted by Gasteiger charge is 2.29. The van der Waals surface area contributed by atoms with Gasteiger partial charge in [0.05, 0.1) is 0 Å². The highest BCUT2D eigenvalue weighted by atomic mass is 16.6. The summed E-state index contributed by atoms with van der Waals surface area (Å²) in [6.45, 7) is 16.9. The number of hydrogen-bond donors (Lipinski definition) is 2. The minimum absolute atomic E-state index is 0.169. The van der Waals surface area contributed by atoms with Crippen molar-refractivity contribution < 1.29 is 9.53 Å². The number of carbonyl (C=O) groups is 1. The van der Waals surface area contributed by atoms with Crippen molar-refractivity contribution in [2.45, 2.75) is 65.5 Å². The zero-order chi connectivity index (χ0) is 16.8. The molecule has 1 fully saturated rings. The van der Waals surface area contributed by atoms with Crippen LogP contribution in [0.1, 0.15) is 54.4 Å². The van der Waals surface area contributed by atoms with E-state index in [2.05, 4.69) is 31.4 Å². The maximum absolute atomic E-state index is 12.0. The lowest BCUT2D eigenvalue weighted by Crippen LogP contribution is -2.40. The molecule has 0 bridgehead atoms. The normalized spacial score (nSPS) is 19.5. The molecule has 5 nitrogen and oxygen atoms in total. The van der Waals surface area contributed by atoms with Gasteiger partial charge in [0.15, 0.2) is 0 Å². The van der Waals surface area contributed by atoms with E-state index < -0.39 is 5.60 Å². The summed E-state index contributed by atoms with van der Waals surface area (Å²) in [5.74, 6) is 0.593. The molecule has 5 heteroatoms. The smallest absolute Gasteiger partial charge is 0.410 e. The molecular weight excluding hydrogens is 278 g/mol. The Hall–Kier alpha value is -0.810. The first-order valence-corrected chi connectivity index (χ1v) is 8.50. The number of nitrogens with one attached hydrogen (secondary N) is 2. The fraction of sp³-hybridized carbons (Fsp3) is 0.941. The van der Waals surface area contributed by atoms with Crippen LogP contribution in [0.25, 0.3) is 0 Å². The first kappa shape index (κ1) is 19.2. The fourth-order valence-corrected chi connectivity index (χ4v) is 2.52. The second-order valence-corrected chi connectivity index (χ2v) is 8.30. The number of nitrogens with zero attached hydrogens (tertiary/aromatic N) is 1. The second-order valence-electron chi connectivity index (χ2n) is 8.30. The van der Waals surface area contributed by atoms with Crippen LogP contribution in [-0.4, -0.2) is 54.9 Å². The third kappa shape index (κ3) is 8.59. The summed E-state index contributed by atoms with van der Waals surface area (Å²) in [7, 11) is 0. The van der Waals surface area contributed by atoms with Gasteiger partial charge in [-0.05, 0) is 66.8 Å². The highest BCUT2D eigenvalue weighted by molar-refractivity contribution is 5.68. The zero-order valence-corrected chi connectivity index (χ0v) is 15.3. The molecule has 1 saturated heterocycles. The molecule has 0 aromatic carbocycles. The van der Waals surface area contributed by atoms with E-state index in [1.54, 1.807) is 0 Å². The molecule has 0 radical (unpaired) electrons. The van der Waals surface area contributed by atoms with Crippen molar-refractivity contribution in [3.63, 3.8) is 0 Å². The molecule has 0 aromatic heterocycles. The molecule has 1 aliphatic heterocycles. The van der Waals surface area contributed by atoms with Crippen molar-refractivity contribution >= 4 is 6.09 Å². The average Bonchev–Trinajstić information content (AvgIpc) is 2.79. The molecule has 1 aliphatic rings. The Morgan fingerprint density at radius 1 is 1.14 bits per heavy atom. The van der Waals surface area contributed by atoms with Crippen LogP contribution in [0.3, 0.4) is 0 Å². The Labute approximate surface area is 136 Å². The monoisotopic (exact) mass is 313 g/mol. The van der Waals surface area contributed by atoms with Crippen LogP contribution < -0.4 is 10.6 Å². The van der Waals surface area contributed by atoms with E-state index in [0.29, 0.717) is 5.92 Å². The summed E-state index contributed by atoms with van der Waals surface area (Å²) in [5.41, 5.74) is -0.224. The highest BCUT2D eigenvalue weighted by Crippen LogP contribution is 2.21. The summed E-state index contributed by atoms with van der Waals surface area (Å²) in [6.07, 6.45) is 2.04. The van der Waals surface area contributed by atoms with Gasteiger partial charge in [0, 0.05) is 31.7 Å². The Morgan fingerprint density at radius 2 is 1.82 bits per heavy atom. The van der Waals surface area contributed by atoms with E-state index in [0.717, 1.165) is 45.6 Å². The van der Waals surface area contributed by atoms with Crippen LogP contribution in [0.5, 0.6) is 0 Å². The number of ether oxygens (including phenoxy) is 1. The summed E-state index contributed by atoms with van der Waals surface area (Å²) >= 11 is 0. The largest absolute Gasteiger partial charge is 0.444 e. The standard InChI is InChI=1S/C17H35N3O2/c1-16(2,3)19-11-10-18-9-7-14-8-12-20(13-14)15(21)22-17(4,5)6/h14,18-19H,7-13H2,1-6H3. The van der Waals surface area contributed by atoms with Gasteiger partial charge in [0.2, 0.25) is 0 Å². The van der Waals surface area contributed by atoms with Crippen LogP contribution in [0.4, 0.5) is 4.79 Å². The van der Waals surface area contributed by atoms with Crippen LogP contribution in [0.15, 0.2) is 0 Å². The van der Waals surface area contributed by atoms with Gasteiger partial charge in [0.25, 0.3) is 0 Å². The molecule has 130 valence electrons. The second kappa shape index (κ2) is 8.16. The van der Waals surface area contributed by atoms with Crippen LogP contribution in [-0.2, 0) is 4.74 Å². The van der Waals surface area contributed by atoms with Gasteiger partial charge in [-0.25, -0.2) is 4.79 Å². The Morgan fingerprint density at radius 3 is 2.41 bits per heavy atom. The van der Waals surface area contributed by atoms with E-state index in [9.17, 15) is 4.79 Å². The lowest BCUT2D eigenvalue weighted by atomic mass is 10.1. The van der Waals surface area contributed by atoms with Crippen molar-refractivity contribution in [3.8, 4) is 0 Å².